The quantitative estimate of drug-likeness (QED) is 0.282. The first kappa shape index (κ1) is 28.0. The van der Waals surface area contributed by atoms with Gasteiger partial charge < -0.3 is 14.4 Å². The molecule has 0 N–H and O–H groups in total. The largest absolute Gasteiger partial charge is 0.493 e. The average molecular weight is 532 g/mol. The molecular formula is C29H38ClNO2S2. The van der Waals surface area contributed by atoms with E-state index < -0.39 is 0 Å². The molecule has 0 amide bonds. The summed E-state index contributed by atoms with van der Waals surface area (Å²) in [6.07, 6.45) is 3.37. The lowest BCUT2D eigenvalue weighted by Crippen LogP contribution is -2.46. The maximum absolute atomic E-state index is 5.50. The summed E-state index contributed by atoms with van der Waals surface area (Å²) in [5.41, 5.74) is 2.78. The van der Waals surface area contributed by atoms with Crippen molar-refractivity contribution >= 4 is 46.7 Å². The number of fused-ring (bicyclic) bond motifs is 1. The van der Waals surface area contributed by atoms with Crippen molar-refractivity contribution in [2.24, 2.45) is 0 Å². The minimum absolute atomic E-state index is 0. The summed E-state index contributed by atoms with van der Waals surface area (Å²) in [5, 5.41) is 2.66. The lowest BCUT2D eigenvalue weighted by atomic mass is 9.91. The molecule has 0 bridgehead atoms. The highest BCUT2D eigenvalue weighted by Crippen LogP contribution is 2.55. The van der Waals surface area contributed by atoms with Gasteiger partial charge in [-0.3, -0.25) is 0 Å². The van der Waals surface area contributed by atoms with Gasteiger partial charge in [0.2, 0.25) is 0 Å². The first-order valence-corrected chi connectivity index (χ1v) is 14.0. The van der Waals surface area contributed by atoms with Gasteiger partial charge in [0.1, 0.15) is 0 Å². The summed E-state index contributed by atoms with van der Waals surface area (Å²) in [4.78, 5) is 2.53. The molecule has 190 valence electrons. The molecule has 1 aliphatic heterocycles. The van der Waals surface area contributed by atoms with Crippen LogP contribution in [0.25, 0.3) is 10.8 Å². The molecule has 0 unspecified atom stereocenters. The molecular weight excluding hydrogens is 494 g/mol. The predicted molar refractivity (Wildman–Crippen MR) is 157 cm³/mol. The van der Waals surface area contributed by atoms with Crippen LogP contribution >= 0.6 is 35.9 Å². The third-order valence-electron chi connectivity index (χ3n) is 7.03. The first-order chi connectivity index (χ1) is 16.4. The van der Waals surface area contributed by atoms with Crippen LogP contribution in [-0.2, 0) is 10.5 Å². The van der Waals surface area contributed by atoms with Crippen LogP contribution in [-0.4, -0.2) is 49.8 Å². The molecule has 3 aromatic carbocycles. The molecule has 35 heavy (non-hydrogen) atoms. The van der Waals surface area contributed by atoms with Gasteiger partial charge in [0.25, 0.3) is 0 Å². The van der Waals surface area contributed by atoms with Crippen LogP contribution in [0.5, 0.6) is 11.5 Å². The van der Waals surface area contributed by atoms with Crippen LogP contribution in [0, 0.1) is 0 Å². The Balaban J connectivity index is 0.00000342. The number of likely N-dealkylation sites (N-methyl/N-ethyl adjacent to an activating group) is 1. The van der Waals surface area contributed by atoms with Crippen molar-refractivity contribution in [2.75, 3.05) is 39.3 Å². The Hall–Kier alpha value is -1.53. The lowest BCUT2D eigenvalue weighted by molar-refractivity contribution is 0.143. The Morgan fingerprint density at radius 1 is 0.886 bits per heavy atom. The summed E-state index contributed by atoms with van der Waals surface area (Å²) in [6.45, 7) is 5.80. The third-order valence-corrected chi connectivity index (χ3v) is 10.4. The molecule has 0 aromatic heterocycles. The summed E-state index contributed by atoms with van der Waals surface area (Å²) in [5.74, 6) is 4.03. The number of rotatable bonds is 9. The van der Waals surface area contributed by atoms with Gasteiger partial charge in [-0.05, 0) is 91.8 Å². The van der Waals surface area contributed by atoms with Gasteiger partial charge in [-0.1, -0.05) is 42.5 Å². The second-order valence-electron chi connectivity index (χ2n) is 9.72. The summed E-state index contributed by atoms with van der Waals surface area (Å²) in [7, 11) is 5.65. The molecule has 0 spiro atoms. The second kappa shape index (κ2) is 12.1. The van der Waals surface area contributed by atoms with E-state index in [1.54, 1.807) is 14.2 Å². The number of methoxy groups -OCH3 is 2. The van der Waals surface area contributed by atoms with Gasteiger partial charge in [-0.15, -0.1) is 35.9 Å². The maximum Gasteiger partial charge on any atom is 0.160 e. The molecule has 0 saturated carbocycles. The number of thioether (sulfide) groups is 2. The molecule has 1 heterocycles. The topological polar surface area (TPSA) is 21.7 Å². The van der Waals surface area contributed by atoms with Crippen LogP contribution in [0.3, 0.4) is 0 Å². The first-order valence-electron chi connectivity index (χ1n) is 12.1. The van der Waals surface area contributed by atoms with E-state index in [1.165, 1.54) is 39.8 Å². The zero-order chi connectivity index (χ0) is 24.2. The zero-order valence-corrected chi connectivity index (χ0v) is 24.0. The van der Waals surface area contributed by atoms with Crippen LogP contribution in [0.4, 0.5) is 0 Å². The highest BCUT2D eigenvalue weighted by Gasteiger charge is 2.42. The SMILES string of the molecule is COc1ccc(CCN(C)C(C)(C)CC2(c3ccc4ccccc4c3)SCCCS2)cc1OC.Cl. The Labute approximate surface area is 225 Å². The highest BCUT2D eigenvalue weighted by atomic mass is 35.5. The molecule has 3 nitrogen and oxygen atoms in total. The monoisotopic (exact) mass is 531 g/mol. The number of ether oxygens (including phenoxy) is 2. The third kappa shape index (κ3) is 6.43. The van der Waals surface area contributed by atoms with Gasteiger partial charge in [0.05, 0.1) is 18.3 Å². The summed E-state index contributed by atoms with van der Waals surface area (Å²) in [6, 6.07) is 22.1. The van der Waals surface area contributed by atoms with Gasteiger partial charge in [-0.25, -0.2) is 0 Å². The van der Waals surface area contributed by atoms with Crippen molar-refractivity contribution in [3.63, 3.8) is 0 Å². The molecule has 1 fully saturated rings. The fourth-order valence-corrected chi connectivity index (χ4v) is 8.46. The number of halogens is 1. The molecule has 6 heteroatoms. The Morgan fingerprint density at radius 3 is 2.26 bits per heavy atom. The number of hydrogen-bond donors (Lipinski definition) is 0. The van der Waals surface area contributed by atoms with Crippen molar-refractivity contribution < 1.29 is 9.47 Å². The smallest absolute Gasteiger partial charge is 0.160 e. The lowest BCUT2D eigenvalue weighted by Gasteiger charge is -2.46. The van der Waals surface area contributed by atoms with E-state index in [1.807, 2.05) is 6.07 Å². The van der Waals surface area contributed by atoms with E-state index in [4.69, 9.17) is 9.47 Å². The van der Waals surface area contributed by atoms with E-state index in [0.717, 1.165) is 30.9 Å². The van der Waals surface area contributed by atoms with E-state index >= 15 is 0 Å². The van der Waals surface area contributed by atoms with Crippen LogP contribution in [0.15, 0.2) is 60.7 Å². The maximum atomic E-state index is 5.50. The normalized spacial score (nSPS) is 15.6. The minimum Gasteiger partial charge on any atom is -0.493 e. The molecule has 0 radical (unpaired) electrons. The molecule has 3 aromatic rings. The van der Waals surface area contributed by atoms with Gasteiger partial charge in [0, 0.05) is 12.1 Å². The van der Waals surface area contributed by atoms with Gasteiger partial charge in [0.15, 0.2) is 11.5 Å². The highest BCUT2D eigenvalue weighted by molar-refractivity contribution is 8.18. The molecule has 1 aliphatic rings. The number of nitrogens with zero attached hydrogens (tertiary/aromatic N) is 1. The van der Waals surface area contributed by atoms with Crippen LogP contribution in [0.1, 0.15) is 37.8 Å². The van der Waals surface area contributed by atoms with E-state index in [9.17, 15) is 0 Å². The van der Waals surface area contributed by atoms with Crippen LogP contribution < -0.4 is 9.47 Å². The Kier molecular flexibility index (Phi) is 9.73. The van der Waals surface area contributed by atoms with Gasteiger partial charge >= 0.3 is 0 Å². The van der Waals surface area contributed by atoms with E-state index in [2.05, 4.69) is 104 Å². The van der Waals surface area contributed by atoms with Crippen LogP contribution in [0.2, 0.25) is 0 Å². The van der Waals surface area contributed by atoms with Crippen molar-refractivity contribution in [3.8, 4) is 11.5 Å². The number of benzene rings is 3. The zero-order valence-electron chi connectivity index (χ0n) is 21.5. The minimum atomic E-state index is 0. The molecule has 4 rings (SSSR count). The Bertz CT molecular complexity index is 1110. The molecule has 1 saturated heterocycles. The Morgan fingerprint density at radius 2 is 1.57 bits per heavy atom. The molecule has 0 aliphatic carbocycles. The fourth-order valence-electron chi connectivity index (χ4n) is 4.71. The van der Waals surface area contributed by atoms with E-state index in [-0.39, 0.29) is 22.0 Å². The average Bonchev–Trinajstić information content (AvgIpc) is 2.87. The van der Waals surface area contributed by atoms with E-state index in [0.29, 0.717) is 0 Å². The second-order valence-corrected chi connectivity index (χ2v) is 12.8. The standard InChI is InChI=1S/C29H37NO2S2.ClH/c1-28(2,30(3)16-15-22-11-14-26(31-4)27(19-22)32-5)21-29(33-17-8-18-34-29)25-13-12-23-9-6-7-10-24(23)20-25;/h6-7,9-14,19-20H,8,15-18,21H2,1-5H3;1H. The van der Waals surface area contributed by atoms with Crippen molar-refractivity contribution in [1.82, 2.24) is 4.90 Å². The molecule has 0 atom stereocenters. The summed E-state index contributed by atoms with van der Waals surface area (Å²) < 4.78 is 11.0. The van der Waals surface area contributed by atoms with Crippen molar-refractivity contribution in [2.45, 2.75) is 42.7 Å². The van der Waals surface area contributed by atoms with Gasteiger partial charge in [-0.2, -0.15) is 0 Å². The predicted octanol–water partition coefficient (Wildman–Crippen LogP) is 7.64. The number of hydrogen-bond acceptors (Lipinski definition) is 5. The fraction of sp³-hybridized carbons (Fsp3) is 0.448. The van der Waals surface area contributed by atoms with Crippen molar-refractivity contribution in [1.29, 1.82) is 0 Å². The van der Waals surface area contributed by atoms with Crippen molar-refractivity contribution in [3.05, 3.63) is 71.8 Å². The summed E-state index contributed by atoms with van der Waals surface area (Å²) >= 11 is 4.29.